The number of rotatable bonds is 1. The molecule has 0 atom stereocenters. The van der Waals surface area contributed by atoms with E-state index in [1.807, 2.05) is 6.07 Å². The number of hydrogen-bond donors (Lipinski definition) is 0. The third-order valence-electron chi connectivity index (χ3n) is 1.99. The Morgan fingerprint density at radius 3 is 2.92 bits per heavy atom. The first-order valence-electron chi connectivity index (χ1n) is 3.60. The Labute approximate surface area is 80.4 Å². The molecule has 1 aliphatic heterocycles. The third-order valence-corrected chi connectivity index (χ3v) is 3.22. The molecule has 0 aliphatic carbocycles. The maximum absolute atomic E-state index is 13.1. The first kappa shape index (κ1) is 8.25. The van der Waals surface area contributed by atoms with E-state index >= 15 is 0 Å². The highest BCUT2D eigenvalue weighted by atomic mass is 127. The Hall–Kier alpha value is -0.360. The summed E-state index contributed by atoms with van der Waals surface area (Å²) in [7, 11) is 0. The van der Waals surface area contributed by atoms with Crippen LogP contribution >= 0.6 is 21.5 Å². The van der Waals surface area contributed by atoms with Gasteiger partial charge in [-0.3, -0.25) is 3.07 Å². The highest BCUT2D eigenvalue weighted by Crippen LogP contribution is 2.28. The van der Waals surface area contributed by atoms with Crippen molar-refractivity contribution in [3.05, 3.63) is 35.1 Å². The molecule has 0 N–H and O–H groups in total. The smallest absolute Gasteiger partial charge is 0.240 e. The van der Waals surface area contributed by atoms with Crippen molar-refractivity contribution in [2.75, 3.05) is 0 Å². The number of fused-ring (bicyclic) bond motifs is 1. The van der Waals surface area contributed by atoms with E-state index in [2.05, 4.69) is 0 Å². The van der Waals surface area contributed by atoms with E-state index in [0.717, 1.165) is 5.56 Å². The normalized spacial score (nSPS) is 16.4. The molecule has 2 rings (SSSR count). The zero-order chi connectivity index (χ0) is 8.55. The van der Waals surface area contributed by atoms with Crippen molar-refractivity contribution in [2.45, 2.75) is 13.1 Å². The van der Waals surface area contributed by atoms with Crippen LogP contribution in [0.25, 0.3) is 0 Å². The van der Waals surface area contributed by atoms with Gasteiger partial charge >= 0.3 is 0 Å². The van der Waals surface area contributed by atoms with Crippen LogP contribution in [0.2, 0.25) is 0 Å². The number of benzene rings is 1. The minimum Gasteiger partial charge on any atom is -0.252 e. The Morgan fingerprint density at radius 2 is 2.25 bits per heavy atom. The summed E-state index contributed by atoms with van der Waals surface area (Å²) in [4.78, 5) is 0. The molecule has 0 bridgehead atoms. The molecule has 2 nitrogen and oxygen atoms in total. The monoisotopic (exact) mass is 279 g/mol. The van der Waals surface area contributed by atoms with Gasteiger partial charge in [-0.05, 0) is 11.6 Å². The maximum atomic E-state index is 13.1. The summed E-state index contributed by atoms with van der Waals surface area (Å²) in [5.74, 6) is -0.174. The fourth-order valence-corrected chi connectivity index (χ4v) is 2.38. The third kappa shape index (κ3) is 1.29. The van der Waals surface area contributed by atoms with Crippen LogP contribution < -0.4 is 0 Å². The Kier molecular flexibility index (Phi) is 2.18. The van der Waals surface area contributed by atoms with Crippen molar-refractivity contribution >= 4 is 21.5 Å². The van der Waals surface area contributed by atoms with E-state index in [0.29, 0.717) is 18.7 Å². The Balaban J connectivity index is 2.41. The van der Waals surface area contributed by atoms with Crippen LogP contribution in [0, 0.1) is 5.82 Å². The average molecular weight is 279 g/mol. The molecule has 1 heterocycles. The van der Waals surface area contributed by atoms with Gasteiger partial charge in [0, 0.05) is 18.7 Å². The Bertz CT molecular complexity index is 329. The Morgan fingerprint density at radius 1 is 1.42 bits per heavy atom. The molecule has 0 saturated carbocycles. The van der Waals surface area contributed by atoms with Gasteiger partial charge in [0.1, 0.15) is 5.82 Å². The second-order valence-electron chi connectivity index (χ2n) is 2.73. The highest BCUT2D eigenvalue weighted by molar-refractivity contribution is 14.1. The molecule has 1 aromatic rings. The predicted molar refractivity (Wildman–Crippen MR) is 50.4 cm³/mol. The van der Waals surface area contributed by atoms with Gasteiger partial charge in [-0.25, -0.2) is 7.50 Å². The van der Waals surface area contributed by atoms with Crippen molar-refractivity contribution in [3.63, 3.8) is 0 Å². The fourth-order valence-electron chi connectivity index (χ4n) is 1.39. The van der Waals surface area contributed by atoms with E-state index in [1.165, 1.54) is 6.07 Å². The van der Waals surface area contributed by atoms with E-state index in [1.54, 1.807) is 9.18 Å². The van der Waals surface area contributed by atoms with Gasteiger partial charge in [0.15, 0.2) is 0 Å². The summed E-state index contributed by atoms with van der Waals surface area (Å²) in [5, 5.41) is 0. The SMILES string of the molecule is O=IN1Cc2cccc(F)c2C1. The largest absolute Gasteiger partial charge is 0.252 e. The topological polar surface area (TPSA) is 20.3 Å². The fraction of sp³-hybridized carbons (Fsp3) is 0.250. The summed E-state index contributed by atoms with van der Waals surface area (Å²) in [6.07, 6.45) is 0. The van der Waals surface area contributed by atoms with Crippen LogP contribution in [-0.4, -0.2) is 3.11 Å². The van der Waals surface area contributed by atoms with Gasteiger partial charge in [0.2, 0.25) is 21.5 Å². The first-order valence-corrected chi connectivity index (χ1v) is 5.44. The van der Waals surface area contributed by atoms with Crippen LogP contribution in [0.1, 0.15) is 11.1 Å². The zero-order valence-corrected chi connectivity index (χ0v) is 8.42. The van der Waals surface area contributed by atoms with Gasteiger partial charge < -0.3 is 0 Å². The molecule has 4 heteroatoms. The lowest BCUT2D eigenvalue weighted by Gasteiger charge is -1.99. The lowest BCUT2D eigenvalue weighted by Crippen LogP contribution is -2.00. The lowest BCUT2D eigenvalue weighted by molar-refractivity contribution is 0.527. The first-order chi connectivity index (χ1) is 5.81. The molecule has 0 unspecified atom stereocenters. The summed E-state index contributed by atoms with van der Waals surface area (Å²) in [6.45, 7) is 1.16. The van der Waals surface area contributed by atoms with Gasteiger partial charge in [-0.15, -0.1) is 0 Å². The number of halogens is 2. The van der Waals surface area contributed by atoms with Crippen molar-refractivity contribution < 1.29 is 7.46 Å². The van der Waals surface area contributed by atoms with Crippen molar-refractivity contribution in [1.82, 2.24) is 3.11 Å². The second-order valence-corrected chi connectivity index (χ2v) is 4.48. The molecule has 0 spiro atoms. The van der Waals surface area contributed by atoms with Crippen LogP contribution in [0.15, 0.2) is 18.2 Å². The van der Waals surface area contributed by atoms with E-state index < -0.39 is 21.5 Å². The molecule has 0 aromatic heterocycles. The molecule has 64 valence electrons. The van der Waals surface area contributed by atoms with Gasteiger partial charge in [-0.1, -0.05) is 12.1 Å². The molecule has 1 aliphatic rings. The molecule has 0 saturated heterocycles. The van der Waals surface area contributed by atoms with Gasteiger partial charge in [0.05, 0.1) is 0 Å². The summed E-state index contributed by atoms with van der Waals surface area (Å²) >= 11 is -1.14. The van der Waals surface area contributed by atoms with Crippen LogP contribution in [0.3, 0.4) is 0 Å². The molecule has 0 radical (unpaired) electrons. The number of hydrogen-bond acceptors (Lipinski definition) is 1. The quantitative estimate of drug-likeness (QED) is 0.581. The lowest BCUT2D eigenvalue weighted by atomic mass is 10.1. The van der Waals surface area contributed by atoms with Crippen LogP contribution in [0.5, 0.6) is 0 Å². The molecule has 0 fully saturated rings. The summed E-state index contributed by atoms with van der Waals surface area (Å²) in [6, 6.07) is 5.03. The molecular formula is C8H7FINO. The summed E-state index contributed by atoms with van der Waals surface area (Å²) in [5.41, 5.74) is 1.69. The standard InChI is InChI=1S/C8H7FINO/c9-8-3-1-2-6-4-11(10-12)5-7(6)8/h1-3H,4-5H2. The second kappa shape index (κ2) is 3.18. The summed E-state index contributed by atoms with van der Waals surface area (Å²) < 4.78 is 25.5. The van der Waals surface area contributed by atoms with Gasteiger partial charge in [0.25, 0.3) is 0 Å². The van der Waals surface area contributed by atoms with E-state index in [-0.39, 0.29) is 5.82 Å². The van der Waals surface area contributed by atoms with Gasteiger partial charge in [-0.2, -0.15) is 0 Å². The van der Waals surface area contributed by atoms with Crippen molar-refractivity contribution in [2.24, 2.45) is 0 Å². The van der Waals surface area contributed by atoms with E-state index in [4.69, 9.17) is 0 Å². The molecule has 0 amide bonds. The highest BCUT2D eigenvalue weighted by Gasteiger charge is 2.21. The molecule has 1 aromatic carbocycles. The van der Waals surface area contributed by atoms with Crippen molar-refractivity contribution in [1.29, 1.82) is 0 Å². The molecule has 12 heavy (non-hydrogen) atoms. The van der Waals surface area contributed by atoms with Crippen LogP contribution in [0.4, 0.5) is 4.39 Å². The zero-order valence-electron chi connectivity index (χ0n) is 6.26. The van der Waals surface area contributed by atoms with E-state index in [9.17, 15) is 7.46 Å². The van der Waals surface area contributed by atoms with Crippen molar-refractivity contribution in [3.8, 4) is 0 Å². The average Bonchev–Trinajstić information content (AvgIpc) is 2.49. The van der Waals surface area contributed by atoms with Crippen LogP contribution in [-0.2, 0) is 16.2 Å². The maximum Gasteiger partial charge on any atom is 0.240 e. The minimum absolute atomic E-state index is 0.174. The number of nitrogens with zero attached hydrogens (tertiary/aromatic N) is 1. The molecular weight excluding hydrogens is 272 g/mol. The minimum atomic E-state index is -1.14. The predicted octanol–water partition coefficient (Wildman–Crippen LogP) is 2.37.